The molecule has 1 atom stereocenters. The Kier molecular flexibility index (Phi) is 2.90. The molecule has 0 heterocycles. The van der Waals surface area contributed by atoms with Crippen LogP contribution < -0.4 is 0 Å². The number of phenols is 1. The van der Waals surface area contributed by atoms with Crippen LogP contribution in [0.3, 0.4) is 0 Å². The zero-order valence-corrected chi connectivity index (χ0v) is 8.02. The topological polar surface area (TPSA) is 77.8 Å². The second-order valence-corrected chi connectivity index (χ2v) is 3.30. The van der Waals surface area contributed by atoms with Crippen molar-refractivity contribution < 1.29 is 20.1 Å². The minimum atomic E-state index is -1.62. The average Bonchev–Trinajstić information content (AvgIpc) is 2.08. The first-order chi connectivity index (χ1) is 6.02. The molecule has 70 valence electrons. The normalized spacial score (nSPS) is 12.5. The highest BCUT2D eigenvalue weighted by Crippen LogP contribution is 2.27. The van der Waals surface area contributed by atoms with E-state index in [-0.39, 0.29) is 11.3 Å². The van der Waals surface area contributed by atoms with Crippen molar-refractivity contribution in [3.8, 4) is 5.75 Å². The van der Waals surface area contributed by atoms with Gasteiger partial charge in [-0.25, -0.2) is 4.79 Å². The van der Waals surface area contributed by atoms with Crippen LogP contribution in [0.5, 0.6) is 5.75 Å². The minimum absolute atomic E-state index is 0.0847. The maximum Gasteiger partial charge on any atom is 0.337 e. The molecule has 0 aliphatic heterocycles. The summed E-state index contributed by atoms with van der Waals surface area (Å²) in [7, 11) is 0. The number of rotatable bonds is 2. The summed E-state index contributed by atoms with van der Waals surface area (Å²) in [5.74, 6) is -1.44. The summed E-state index contributed by atoms with van der Waals surface area (Å²) in [4.78, 5) is 10.4. The van der Waals surface area contributed by atoms with Crippen LogP contribution in [0.15, 0.2) is 22.7 Å². The van der Waals surface area contributed by atoms with E-state index in [2.05, 4.69) is 15.9 Å². The molecule has 0 fully saturated rings. The number of carboxylic acids is 1. The monoisotopic (exact) mass is 246 g/mol. The third-order valence-corrected chi connectivity index (χ3v) is 2.23. The minimum Gasteiger partial charge on any atom is -0.508 e. The molecule has 0 aliphatic carbocycles. The molecule has 1 aromatic rings. The molecular formula is C8H7BrO4. The molecule has 0 amide bonds. The SMILES string of the molecule is O=C(O)C(O)c1cc(O)ccc1Br. The third kappa shape index (κ3) is 2.19. The van der Waals surface area contributed by atoms with Gasteiger partial charge in [0.15, 0.2) is 6.10 Å². The Bertz CT molecular complexity index is 337. The van der Waals surface area contributed by atoms with E-state index in [4.69, 9.17) is 15.3 Å². The molecular weight excluding hydrogens is 240 g/mol. The zero-order valence-electron chi connectivity index (χ0n) is 6.44. The van der Waals surface area contributed by atoms with Crippen LogP contribution in [0.2, 0.25) is 0 Å². The Morgan fingerprint density at radius 1 is 1.46 bits per heavy atom. The molecule has 1 aromatic carbocycles. The molecule has 5 heteroatoms. The van der Waals surface area contributed by atoms with Crippen molar-refractivity contribution in [2.24, 2.45) is 0 Å². The maximum absolute atomic E-state index is 10.4. The van der Waals surface area contributed by atoms with Crippen molar-refractivity contribution in [3.63, 3.8) is 0 Å². The van der Waals surface area contributed by atoms with E-state index in [9.17, 15) is 4.79 Å². The summed E-state index contributed by atoms with van der Waals surface area (Å²) in [6, 6.07) is 4.06. The van der Waals surface area contributed by atoms with Gasteiger partial charge in [0, 0.05) is 10.0 Å². The van der Waals surface area contributed by atoms with Gasteiger partial charge >= 0.3 is 5.97 Å². The number of aliphatic hydroxyl groups is 1. The van der Waals surface area contributed by atoms with E-state index < -0.39 is 12.1 Å². The number of carbonyl (C=O) groups is 1. The lowest BCUT2D eigenvalue weighted by Crippen LogP contribution is -2.10. The van der Waals surface area contributed by atoms with Gasteiger partial charge < -0.3 is 15.3 Å². The van der Waals surface area contributed by atoms with Crippen molar-refractivity contribution in [2.75, 3.05) is 0 Å². The summed E-state index contributed by atoms with van der Waals surface area (Å²) in [6.07, 6.45) is -1.62. The predicted octanol–water partition coefficient (Wildman–Crippen LogP) is 1.27. The molecule has 0 spiro atoms. The van der Waals surface area contributed by atoms with Crippen molar-refractivity contribution in [3.05, 3.63) is 28.2 Å². The number of phenolic OH excluding ortho intramolecular Hbond substituents is 1. The fraction of sp³-hybridized carbons (Fsp3) is 0.125. The second kappa shape index (κ2) is 3.76. The average molecular weight is 247 g/mol. The lowest BCUT2D eigenvalue weighted by Gasteiger charge is -2.08. The molecule has 1 unspecified atom stereocenters. The van der Waals surface area contributed by atoms with Crippen LogP contribution in [-0.4, -0.2) is 21.3 Å². The van der Waals surface area contributed by atoms with Crippen LogP contribution in [0.25, 0.3) is 0 Å². The van der Waals surface area contributed by atoms with Crippen LogP contribution in [0.4, 0.5) is 0 Å². The number of carboxylic acid groups (broad SMARTS) is 1. The first kappa shape index (κ1) is 10.0. The van der Waals surface area contributed by atoms with Gasteiger partial charge in [0.25, 0.3) is 0 Å². The molecule has 3 N–H and O–H groups in total. The Morgan fingerprint density at radius 2 is 2.08 bits per heavy atom. The smallest absolute Gasteiger partial charge is 0.337 e. The molecule has 0 saturated heterocycles. The number of aliphatic carboxylic acids is 1. The predicted molar refractivity (Wildman–Crippen MR) is 48.4 cm³/mol. The van der Waals surface area contributed by atoms with Gasteiger partial charge in [-0.2, -0.15) is 0 Å². The van der Waals surface area contributed by atoms with E-state index in [1.165, 1.54) is 18.2 Å². The lowest BCUT2D eigenvalue weighted by atomic mass is 10.1. The van der Waals surface area contributed by atoms with E-state index >= 15 is 0 Å². The number of aliphatic hydroxyl groups excluding tert-OH is 1. The molecule has 0 aliphatic rings. The highest BCUT2D eigenvalue weighted by atomic mass is 79.9. The molecule has 0 radical (unpaired) electrons. The lowest BCUT2D eigenvalue weighted by molar-refractivity contribution is -0.147. The zero-order chi connectivity index (χ0) is 10.0. The fourth-order valence-electron chi connectivity index (χ4n) is 0.874. The van der Waals surface area contributed by atoms with Gasteiger partial charge in [0.1, 0.15) is 5.75 Å². The molecule has 1 rings (SSSR count). The van der Waals surface area contributed by atoms with Gasteiger partial charge in [-0.3, -0.25) is 0 Å². The molecule has 0 saturated carbocycles. The van der Waals surface area contributed by atoms with Crippen LogP contribution in [-0.2, 0) is 4.79 Å². The quantitative estimate of drug-likeness (QED) is 0.735. The highest BCUT2D eigenvalue weighted by Gasteiger charge is 2.18. The number of hydrogen-bond donors (Lipinski definition) is 3. The number of benzene rings is 1. The van der Waals surface area contributed by atoms with Crippen molar-refractivity contribution in [2.45, 2.75) is 6.10 Å². The summed E-state index contributed by atoms with van der Waals surface area (Å²) in [5, 5.41) is 26.7. The Hall–Kier alpha value is -1.07. The van der Waals surface area contributed by atoms with Gasteiger partial charge in [0.05, 0.1) is 0 Å². The third-order valence-electron chi connectivity index (χ3n) is 1.51. The van der Waals surface area contributed by atoms with E-state index in [1.54, 1.807) is 0 Å². The first-order valence-electron chi connectivity index (χ1n) is 3.41. The van der Waals surface area contributed by atoms with Gasteiger partial charge in [-0.15, -0.1) is 0 Å². The highest BCUT2D eigenvalue weighted by molar-refractivity contribution is 9.10. The number of hydrogen-bond acceptors (Lipinski definition) is 3. The first-order valence-corrected chi connectivity index (χ1v) is 4.21. The Balaban J connectivity index is 3.12. The fourth-order valence-corrected chi connectivity index (χ4v) is 1.34. The van der Waals surface area contributed by atoms with E-state index in [1.807, 2.05) is 0 Å². The van der Waals surface area contributed by atoms with Crippen molar-refractivity contribution in [1.82, 2.24) is 0 Å². The summed E-state index contributed by atoms with van der Waals surface area (Å²) in [6.45, 7) is 0. The van der Waals surface area contributed by atoms with Gasteiger partial charge in [-0.1, -0.05) is 15.9 Å². The van der Waals surface area contributed by atoms with Crippen molar-refractivity contribution in [1.29, 1.82) is 0 Å². The van der Waals surface area contributed by atoms with Crippen LogP contribution >= 0.6 is 15.9 Å². The van der Waals surface area contributed by atoms with Gasteiger partial charge in [-0.05, 0) is 18.2 Å². The Morgan fingerprint density at radius 3 is 2.62 bits per heavy atom. The standard InChI is InChI=1S/C8H7BrO4/c9-6-2-1-4(10)3-5(6)7(11)8(12)13/h1-3,7,10-11H,(H,12,13). The molecule has 0 bridgehead atoms. The van der Waals surface area contributed by atoms with Crippen molar-refractivity contribution >= 4 is 21.9 Å². The summed E-state index contributed by atoms with van der Waals surface area (Å²) < 4.78 is 0.445. The second-order valence-electron chi connectivity index (χ2n) is 2.45. The van der Waals surface area contributed by atoms with Crippen LogP contribution in [0.1, 0.15) is 11.7 Å². The van der Waals surface area contributed by atoms with Crippen LogP contribution in [0, 0.1) is 0 Å². The van der Waals surface area contributed by atoms with Gasteiger partial charge in [0.2, 0.25) is 0 Å². The van der Waals surface area contributed by atoms with E-state index in [0.29, 0.717) is 4.47 Å². The summed E-state index contributed by atoms with van der Waals surface area (Å²) in [5.41, 5.74) is 0.132. The van der Waals surface area contributed by atoms with E-state index in [0.717, 1.165) is 0 Å². The number of halogens is 1. The summed E-state index contributed by atoms with van der Waals surface area (Å²) >= 11 is 3.06. The largest absolute Gasteiger partial charge is 0.508 e. The maximum atomic E-state index is 10.4. The molecule has 4 nitrogen and oxygen atoms in total. The number of aromatic hydroxyl groups is 1. The molecule has 13 heavy (non-hydrogen) atoms. The molecule has 0 aromatic heterocycles. The Labute approximate surface area is 82.6 Å².